The summed E-state index contributed by atoms with van der Waals surface area (Å²) in [5, 5.41) is 22.4. The molecule has 0 amide bonds. The van der Waals surface area contributed by atoms with Gasteiger partial charge in [-0.05, 0) is 26.0 Å². The SMILES string of the molecule is COc1ccc(NC2=NC(C(=O)O)C(C)(C)S2)c(O)c1. The fraction of sp³-hybridized carbons (Fsp3) is 0.385. The minimum absolute atomic E-state index is 0.0178. The molecule has 7 heteroatoms. The van der Waals surface area contributed by atoms with Crippen LogP contribution in [0.2, 0.25) is 0 Å². The van der Waals surface area contributed by atoms with Crippen LogP contribution in [0, 0.1) is 0 Å². The summed E-state index contributed by atoms with van der Waals surface area (Å²) in [4.78, 5) is 15.3. The number of phenolic OH excluding ortho intramolecular Hbond substituents is 1. The fourth-order valence-corrected chi connectivity index (χ4v) is 2.96. The molecule has 0 bridgehead atoms. The molecule has 1 aromatic rings. The molecule has 2 rings (SSSR count). The predicted molar refractivity (Wildman–Crippen MR) is 78.8 cm³/mol. The predicted octanol–water partition coefficient (Wildman–Crippen LogP) is 2.15. The van der Waals surface area contributed by atoms with E-state index < -0.39 is 16.8 Å². The van der Waals surface area contributed by atoms with Gasteiger partial charge in [0.15, 0.2) is 11.2 Å². The average Bonchev–Trinajstić information content (AvgIpc) is 2.67. The molecular weight excluding hydrogens is 280 g/mol. The Balaban J connectivity index is 2.19. The zero-order valence-electron chi connectivity index (χ0n) is 11.4. The lowest BCUT2D eigenvalue weighted by molar-refractivity contribution is -0.138. The van der Waals surface area contributed by atoms with Gasteiger partial charge in [-0.3, -0.25) is 0 Å². The van der Waals surface area contributed by atoms with Crippen LogP contribution in [-0.4, -0.2) is 39.2 Å². The number of thioether (sulfide) groups is 1. The van der Waals surface area contributed by atoms with Crippen molar-refractivity contribution in [2.45, 2.75) is 24.6 Å². The van der Waals surface area contributed by atoms with Crippen molar-refractivity contribution in [2.75, 3.05) is 12.4 Å². The number of carboxylic acid groups (broad SMARTS) is 1. The smallest absolute Gasteiger partial charge is 0.329 e. The van der Waals surface area contributed by atoms with Crippen molar-refractivity contribution in [1.82, 2.24) is 0 Å². The van der Waals surface area contributed by atoms with Gasteiger partial charge in [-0.2, -0.15) is 0 Å². The van der Waals surface area contributed by atoms with E-state index in [2.05, 4.69) is 10.3 Å². The first-order valence-electron chi connectivity index (χ1n) is 5.97. The molecule has 1 aromatic carbocycles. The summed E-state index contributed by atoms with van der Waals surface area (Å²) in [5.74, 6) is -0.403. The van der Waals surface area contributed by atoms with Gasteiger partial charge in [0.2, 0.25) is 0 Å². The number of nitrogens with zero attached hydrogens (tertiary/aromatic N) is 1. The Morgan fingerprint density at radius 3 is 2.70 bits per heavy atom. The van der Waals surface area contributed by atoms with Crippen molar-refractivity contribution in [3.8, 4) is 11.5 Å². The Hall–Kier alpha value is -1.89. The average molecular weight is 296 g/mol. The monoisotopic (exact) mass is 296 g/mol. The van der Waals surface area contributed by atoms with Crippen LogP contribution in [0.1, 0.15) is 13.8 Å². The maximum absolute atomic E-state index is 11.2. The zero-order valence-corrected chi connectivity index (χ0v) is 12.2. The second-order valence-electron chi connectivity index (χ2n) is 4.89. The molecule has 1 aliphatic heterocycles. The van der Waals surface area contributed by atoms with E-state index in [9.17, 15) is 9.90 Å². The largest absolute Gasteiger partial charge is 0.506 e. The van der Waals surface area contributed by atoms with Gasteiger partial charge in [0.1, 0.15) is 11.5 Å². The highest BCUT2D eigenvalue weighted by molar-refractivity contribution is 8.15. The zero-order chi connectivity index (χ0) is 14.9. The number of ether oxygens (including phenoxy) is 1. The number of aromatic hydroxyl groups is 1. The number of aliphatic carboxylic acids is 1. The number of phenols is 1. The Bertz CT molecular complexity index is 571. The van der Waals surface area contributed by atoms with Crippen LogP contribution in [0.5, 0.6) is 11.5 Å². The van der Waals surface area contributed by atoms with E-state index in [4.69, 9.17) is 9.84 Å². The maximum atomic E-state index is 11.2. The van der Waals surface area contributed by atoms with Gasteiger partial charge in [0.25, 0.3) is 0 Å². The summed E-state index contributed by atoms with van der Waals surface area (Å²) in [6.07, 6.45) is 0. The molecule has 0 saturated heterocycles. The molecule has 0 aliphatic carbocycles. The van der Waals surface area contributed by atoms with Gasteiger partial charge in [-0.25, -0.2) is 9.79 Å². The second-order valence-corrected chi connectivity index (χ2v) is 6.53. The van der Waals surface area contributed by atoms with Crippen molar-refractivity contribution in [2.24, 2.45) is 4.99 Å². The highest BCUT2D eigenvalue weighted by Gasteiger charge is 2.42. The Labute approximate surface area is 120 Å². The van der Waals surface area contributed by atoms with E-state index in [1.807, 2.05) is 13.8 Å². The van der Waals surface area contributed by atoms with Gasteiger partial charge in [0, 0.05) is 6.07 Å². The lowest BCUT2D eigenvalue weighted by Crippen LogP contribution is -2.34. The minimum atomic E-state index is -0.960. The maximum Gasteiger partial charge on any atom is 0.329 e. The van der Waals surface area contributed by atoms with Crippen molar-refractivity contribution < 1.29 is 19.7 Å². The van der Waals surface area contributed by atoms with Crippen LogP contribution >= 0.6 is 11.8 Å². The molecule has 20 heavy (non-hydrogen) atoms. The molecule has 0 spiro atoms. The van der Waals surface area contributed by atoms with Gasteiger partial charge in [-0.1, -0.05) is 11.8 Å². The number of anilines is 1. The van der Waals surface area contributed by atoms with Gasteiger partial charge in [0.05, 0.1) is 17.5 Å². The molecule has 6 nitrogen and oxygen atoms in total. The number of amidine groups is 1. The molecule has 3 N–H and O–H groups in total. The first-order chi connectivity index (χ1) is 9.33. The highest BCUT2D eigenvalue weighted by atomic mass is 32.2. The number of hydrogen-bond donors (Lipinski definition) is 3. The number of nitrogens with one attached hydrogen (secondary N) is 1. The molecule has 0 saturated carbocycles. The molecule has 1 atom stereocenters. The van der Waals surface area contributed by atoms with Crippen LogP contribution in [-0.2, 0) is 4.79 Å². The quantitative estimate of drug-likeness (QED) is 0.740. The summed E-state index contributed by atoms with van der Waals surface area (Å²) >= 11 is 1.33. The molecule has 0 aromatic heterocycles. The number of carboxylic acids is 1. The van der Waals surface area contributed by atoms with Crippen LogP contribution in [0.4, 0.5) is 5.69 Å². The Morgan fingerprint density at radius 1 is 1.50 bits per heavy atom. The lowest BCUT2D eigenvalue weighted by atomic mass is 10.0. The minimum Gasteiger partial charge on any atom is -0.506 e. The van der Waals surface area contributed by atoms with Gasteiger partial charge in [-0.15, -0.1) is 0 Å². The van der Waals surface area contributed by atoms with Crippen molar-refractivity contribution in [3.63, 3.8) is 0 Å². The van der Waals surface area contributed by atoms with Crippen LogP contribution < -0.4 is 10.1 Å². The lowest BCUT2D eigenvalue weighted by Gasteiger charge is -2.20. The van der Waals surface area contributed by atoms with E-state index in [-0.39, 0.29) is 5.75 Å². The van der Waals surface area contributed by atoms with E-state index in [0.29, 0.717) is 16.6 Å². The topological polar surface area (TPSA) is 91.2 Å². The molecular formula is C13H16N2O4S. The molecule has 108 valence electrons. The third-order valence-electron chi connectivity index (χ3n) is 2.94. The summed E-state index contributed by atoms with van der Waals surface area (Å²) in [6, 6.07) is 4.01. The number of carbonyl (C=O) groups is 1. The molecule has 0 fully saturated rings. The number of benzene rings is 1. The Kier molecular flexibility index (Phi) is 3.80. The molecule has 1 unspecified atom stereocenters. The molecule has 1 heterocycles. The summed E-state index contributed by atoms with van der Waals surface area (Å²) < 4.78 is 4.47. The first-order valence-corrected chi connectivity index (χ1v) is 6.79. The van der Waals surface area contributed by atoms with Crippen LogP contribution in [0.15, 0.2) is 23.2 Å². The third kappa shape index (κ3) is 2.82. The van der Waals surface area contributed by atoms with Crippen LogP contribution in [0.25, 0.3) is 0 Å². The summed E-state index contributed by atoms with van der Waals surface area (Å²) in [5.41, 5.74) is 0.457. The van der Waals surface area contributed by atoms with E-state index in [1.54, 1.807) is 12.1 Å². The molecule has 0 radical (unpaired) electrons. The third-order valence-corrected chi connectivity index (χ3v) is 4.10. The van der Waals surface area contributed by atoms with Gasteiger partial charge < -0.3 is 20.3 Å². The number of hydrogen-bond acceptors (Lipinski definition) is 6. The number of methoxy groups -OCH3 is 1. The summed E-state index contributed by atoms with van der Waals surface area (Å²) in [7, 11) is 1.51. The normalized spacial score (nSPS) is 20.4. The standard InChI is InChI=1S/C13H16N2O4S/c1-13(2)10(11(17)18)15-12(20-13)14-8-5-4-7(19-3)6-9(8)16/h4-6,10,16H,1-3H3,(H,14,15)(H,17,18). The fourth-order valence-electron chi connectivity index (χ4n) is 1.87. The van der Waals surface area contributed by atoms with Gasteiger partial charge >= 0.3 is 5.97 Å². The molecule has 1 aliphatic rings. The highest BCUT2D eigenvalue weighted by Crippen LogP contribution is 2.39. The first kappa shape index (κ1) is 14.5. The number of aliphatic imine (C=N–C) groups is 1. The summed E-state index contributed by atoms with van der Waals surface area (Å²) in [6.45, 7) is 3.64. The van der Waals surface area contributed by atoms with Crippen molar-refractivity contribution >= 4 is 28.6 Å². The van der Waals surface area contributed by atoms with E-state index in [1.165, 1.54) is 24.9 Å². The van der Waals surface area contributed by atoms with Crippen LogP contribution in [0.3, 0.4) is 0 Å². The Morgan fingerprint density at radius 2 is 2.20 bits per heavy atom. The van der Waals surface area contributed by atoms with E-state index >= 15 is 0 Å². The van der Waals surface area contributed by atoms with Crippen molar-refractivity contribution in [1.29, 1.82) is 0 Å². The van der Waals surface area contributed by atoms with Crippen molar-refractivity contribution in [3.05, 3.63) is 18.2 Å². The number of rotatable bonds is 3. The van der Waals surface area contributed by atoms with E-state index in [0.717, 1.165) is 0 Å². The second kappa shape index (κ2) is 5.24.